The van der Waals surface area contributed by atoms with Crippen LogP contribution in [0.3, 0.4) is 0 Å². The molecular weight excluding hydrogens is 274 g/mol. The van der Waals surface area contributed by atoms with Crippen LogP contribution in [0.4, 0.5) is 0 Å². The lowest BCUT2D eigenvalue weighted by Crippen LogP contribution is -2.47. The van der Waals surface area contributed by atoms with Crippen molar-refractivity contribution in [2.24, 2.45) is 5.73 Å². The third kappa shape index (κ3) is 6.68. The first-order chi connectivity index (χ1) is 9.63. The van der Waals surface area contributed by atoms with Crippen LogP contribution in [0.1, 0.15) is 31.1 Å². The van der Waals surface area contributed by atoms with Gasteiger partial charge in [-0.05, 0) is 30.8 Å². The quantitative estimate of drug-likeness (QED) is 0.595. The van der Waals surface area contributed by atoms with Crippen molar-refractivity contribution in [1.29, 1.82) is 0 Å². The van der Waals surface area contributed by atoms with Crippen LogP contribution in [0.5, 0.6) is 0 Å². The molecule has 0 aliphatic heterocycles. The van der Waals surface area contributed by atoms with Crippen molar-refractivity contribution in [3.8, 4) is 0 Å². The van der Waals surface area contributed by atoms with Crippen LogP contribution in [0, 0.1) is 0 Å². The molecule has 0 unspecified atom stereocenters. The Morgan fingerprint density at radius 3 is 2.75 bits per heavy atom. The average Bonchev–Trinajstić information content (AvgIpc) is 2.90. The summed E-state index contributed by atoms with van der Waals surface area (Å²) in [5.74, 6) is -0.314. The fraction of sp³-hybridized carbons (Fsp3) is 0.571. The zero-order chi connectivity index (χ0) is 14.8. The summed E-state index contributed by atoms with van der Waals surface area (Å²) in [5, 5.41) is 7.54. The van der Waals surface area contributed by atoms with E-state index >= 15 is 0 Å². The van der Waals surface area contributed by atoms with Crippen molar-refractivity contribution >= 4 is 23.2 Å². The molecule has 0 spiro atoms. The van der Waals surface area contributed by atoms with E-state index in [4.69, 9.17) is 5.73 Å². The fourth-order valence-corrected chi connectivity index (χ4v) is 2.62. The summed E-state index contributed by atoms with van der Waals surface area (Å²) in [6.07, 6.45) is 3.42. The molecule has 1 atom stereocenters. The fourth-order valence-electron chi connectivity index (χ4n) is 1.87. The van der Waals surface area contributed by atoms with Gasteiger partial charge in [0.25, 0.3) is 0 Å². The topological polar surface area (TPSA) is 84.2 Å². The number of nitrogens with two attached hydrogens (primary N) is 1. The Morgan fingerprint density at radius 1 is 1.35 bits per heavy atom. The van der Waals surface area contributed by atoms with E-state index < -0.39 is 6.04 Å². The summed E-state index contributed by atoms with van der Waals surface area (Å²) in [5.41, 5.74) is 5.42. The molecular formula is C14H23N3O2S. The predicted octanol–water partition coefficient (Wildman–Crippen LogP) is 1.04. The molecule has 1 rings (SSSR count). The van der Waals surface area contributed by atoms with Crippen LogP contribution in [0.15, 0.2) is 17.5 Å². The van der Waals surface area contributed by atoms with Gasteiger partial charge in [0.15, 0.2) is 0 Å². The molecule has 0 radical (unpaired) electrons. The molecule has 1 aromatic heterocycles. The number of hydrogen-bond acceptors (Lipinski definition) is 4. The Balaban J connectivity index is 2.41. The average molecular weight is 297 g/mol. The molecule has 6 heteroatoms. The number of amides is 2. The van der Waals surface area contributed by atoms with Crippen LogP contribution in [0.25, 0.3) is 0 Å². The maximum Gasteiger partial charge on any atom is 0.242 e. The molecule has 0 aliphatic rings. The van der Waals surface area contributed by atoms with E-state index in [1.54, 1.807) is 11.3 Å². The monoisotopic (exact) mass is 297 g/mol. The van der Waals surface area contributed by atoms with Crippen molar-refractivity contribution in [2.75, 3.05) is 13.1 Å². The summed E-state index contributed by atoms with van der Waals surface area (Å²) in [7, 11) is 0. The Kier molecular flexibility index (Phi) is 7.91. The lowest BCUT2D eigenvalue weighted by Gasteiger charge is -2.17. The van der Waals surface area contributed by atoms with Gasteiger partial charge in [-0.1, -0.05) is 12.5 Å². The normalized spacial score (nSPS) is 11.9. The van der Waals surface area contributed by atoms with Crippen molar-refractivity contribution in [3.63, 3.8) is 0 Å². The highest BCUT2D eigenvalue weighted by Crippen LogP contribution is 2.11. The summed E-state index contributed by atoms with van der Waals surface area (Å²) >= 11 is 1.59. The first-order valence-corrected chi connectivity index (χ1v) is 7.78. The number of hydrogen-bond donors (Lipinski definition) is 3. The molecule has 4 N–H and O–H groups in total. The third-order valence-electron chi connectivity index (χ3n) is 2.86. The largest absolute Gasteiger partial charge is 0.354 e. The van der Waals surface area contributed by atoms with Crippen LogP contribution in [-0.4, -0.2) is 30.9 Å². The number of unbranched alkanes of at least 4 members (excludes halogenated alkanes) is 2. The minimum atomic E-state index is -0.499. The van der Waals surface area contributed by atoms with Gasteiger partial charge in [0.2, 0.25) is 11.8 Å². The Labute approximate surface area is 123 Å². The molecule has 0 bridgehead atoms. The van der Waals surface area contributed by atoms with E-state index in [9.17, 15) is 9.59 Å². The second-order valence-corrected chi connectivity index (χ2v) is 5.71. The highest BCUT2D eigenvalue weighted by Gasteiger charge is 2.19. The molecule has 0 aromatic carbocycles. The minimum absolute atomic E-state index is 0.124. The van der Waals surface area contributed by atoms with Gasteiger partial charge in [-0.3, -0.25) is 9.59 Å². The van der Waals surface area contributed by atoms with E-state index in [1.807, 2.05) is 17.5 Å². The number of nitrogens with one attached hydrogen (secondary N) is 2. The number of carbonyl (C=O) groups excluding carboxylic acids is 2. The lowest BCUT2D eigenvalue weighted by atomic mass is 10.1. The highest BCUT2D eigenvalue weighted by molar-refractivity contribution is 7.09. The van der Waals surface area contributed by atoms with Gasteiger partial charge >= 0.3 is 0 Å². The van der Waals surface area contributed by atoms with Crippen molar-refractivity contribution in [1.82, 2.24) is 10.6 Å². The van der Waals surface area contributed by atoms with E-state index in [0.29, 0.717) is 19.5 Å². The van der Waals surface area contributed by atoms with Crippen molar-refractivity contribution in [3.05, 3.63) is 22.4 Å². The van der Waals surface area contributed by atoms with Gasteiger partial charge in [-0.25, -0.2) is 0 Å². The first kappa shape index (κ1) is 16.7. The molecule has 1 aromatic rings. The van der Waals surface area contributed by atoms with Crippen LogP contribution >= 0.6 is 11.3 Å². The number of rotatable bonds is 9. The summed E-state index contributed by atoms with van der Waals surface area (Å²) < 4.78 is 0. The van der Waals surface area contributed by atoms with Crippen molar-refractivity contribution in [2.45, 2.75) is 38.6 Å². The molecule has 20 heavy (non-hydrogen) atoms. The molecule has 0 saturated carbocycles. The summed E-state index contributed by atoms with van der Waals surface area (Å²) in [4.78, 5) is 24.4. The van der Waals surface area contributed by atoms with Gasteiger partial charge in [-0.15, -0.1) is 11.3 Å². The first-order valence-electron chi connectivity index (χ1n) is 6.90. The predicted molar refractivity (Wildman–Crippen MR) is 81.5 cm³/mol. The lowest BCUT2D eigenvalue weighted by molar-refractivity contribution is -0.128. The van der Waals surface area contributed by atoms with Crippen LogP contribution in [0.2, 0.25) is 0 Å². The second kappa shape index (κ2) is 9.50. The minimum Gasteiger partial charge on any atom is -0.354 e. The highest BCUT2D eigenvalue weighted by atomic mass is 32.1. The maximum atomic E-state index is 12.1. The van der Waals surface area contributed by atoms with Gasteiger partial charge in [-0.2, -0.15) is 0 Å². The van der Waals surface area contributed by atoms with E-state index in [1.165, 1.54) is 6.92 Å². The standard InChI is InChI=1S/C14H23N3O2S/c1-11(18)17-13(10-12-6-5-9-20-12)14(19)16-8-4-2-3-7-15/h5-6,9,13H,2-4,7-8,10,15H2,1H3,(H,16,19)(H,17,18)/t13-/m0/s1. The van der Waals surface area contributed by atoms with E-state index in [-0.39, 0.29) is 11.8 Å². The zero-order valence-electron chi connectivity index (χ0n) is 11.9. The van der Waals surface area contributed by atoms with Gasteiger partial charge in [0.05, 0.1) is 0 Å². The number of thiophene rings is 1. The SMILES string of the molecule is CC(=O)N[C@@H](Cc1cccs1)C(=O)NCCCCCN. The molecule has 2 amide bonds. The van der Waals surface area contributed by atoms with Gasteiger partial charge < -0.3 is 16.4 Å². The van der Waals surface area contributed by atoms with Crippen molar-refractivity contribution < 1.29 is 9.59 Å². The van der Waals surface area contributed by atoms with E-state index in [2.05, 4.69) is 10.6 Å². The molecule has 112 valence electrons. The molecule has 0 aliphatic carbocycles. The second-order valence-electron chi connectivity index (χ2n) is 4.68. The third-order valence-corrected chi connectivity index (χ3v) is 3.76. The Morgan fingerprint density at radius 2 is 2.15 bits per heavy atom. The molecule has 0 saturated heterocycles. The smallest absolute Gasteiger partial charge is 0.242 e. The summed E-state index contributed by atoms with van der Waals surface area (Å²) in [6, 6.07) is 3.41. The van der Waals surface area contributed by atoms with E-state index in [0.717, 1.165) is 24.1 Å². The Hall–Kier alpha value is -1.40. The number of carbonyl (C=O) groups is 2. The maximum absolute atomic E-state index is 12.1. The summed E-state index contributed by atoms with van der Waals surface area (Å²) in [6.45, 7) is 2.73. The van der Waals surface area contributed by atoms with Gasteiger partial charge in [0.1, 0.15) is 6.04 Å². The van der Waals surface area contributed by atoms with Gasteiger partial charge in [0, 0.05) is 24.8 Å². The molecule has 5 nitrogen and oxygen atoms in total. The zero-order valence-corrected chi connectivity index (χ0v) is 12.7. The molecule has 0 fully saturated rings. The Bertz CT molecular complexity index is 407. The van der Waals surface area contributed by atoms with Crippen LogP contribution in [-0.2, 0) is 16.0 Å². The van der Waals surface area contributed by atoms with Crippen LogP contribution < -0.4 is 16.4 Å². The molecule has 1 heterocycles.